The third-order valence-corrected chi connectivity index (χ3v) is 3.48. The molecule has 6 heteroatoms. The Morgan fingerprint density at radius 1 is 1.09 bits per heavy atom. The van der Waals surface area contributed by atoms with Gasteiger partial charge in [0.1, 0.15) is 11.5 Å². The van der Waals surface area contributed by atoms with Gasteiger partial charge < -0.3 is 24.3 Å². The van der Waals surface area contributed by atoms with E-state index in [-0.39, 0.29) is 19.1 Å². The van der Waals surface area contributed by atoms with Crippen molar-refractivity contribution < 1.29 is 23.7 Å². The number of methoxy groups -OCH3 is 2. The molecular formula is C17H17NO5. The number of amides is 1. The van der Waals surface area contributed by atoms with Crippen molar-refractivity contribution in [1.29, 1.82) is 0 Å². The van der Waals surface area contributed by atoms with E-state index in [1.165, 1.54) is 0 Å². The molecule has 1 aliphatic rings. The molecule has 0 saturated carbocycles. The van der Waals surface area contributed by atoms with Crippen LogP contribution in [0.25, 0.3) is 0 Å². The fraction of sp³-hybridized carbons (Fsp3) is 0.235. The molecule has 3 rings (SSSR count). The van der Waals surface area contributed by atoms with Gasteiger partial charge >= 0.3 is 0 Å². The summed E-state index contributed by atoms with van der Waals surface area (Å²) in [7, 11) is 3.12. The minimum absolute atomic E-state index is 0.157. The molecular weight excluding hydrogens is 298 g/mol. The molecule has 0 saturated heterocycles. The summed E-state index contributed by atoms with van der Waals surface area (Å²) in [5, 5.41) is 2.84. The van der Waals surface area contributed by atoms with Gasteiger partial charge in [-0.3, -0.25) is 4.79 Å². The van der Waals surface area contributed by atoms with Gasteiger partial charge in [0.25, 0.3) is 0 Å². The molecule has 0 spiro atoms. The zero-order valence-electron chi connectivity index (χ0n) is 12.9. The molecule has 23 heavy (non-hydrogen) atoms. The van der Waals surface area contributed by atoms with Gasteiger partial charge in [-0.2, -0.15) is 0 Å². The predicted molar refractivity (Wildman–Crippen MR) is 84.4 cm³/mol. The number of rotatable bonds is 5. The lowest BCUT2D eigenvalue weighted by molar-refractivity contribution is -0.115. The highest BCUT2D eigenvalue weighted by Gasteiger charge is 2.15. The summed E-state index contributed by atoms with van der Waals surface area (Å²) in [5.41, 5.74) is 1.41. The van der Waals surface area contributed by atoms with E-state index >= 15 is 0 Å². The molecule has 0 bridgehead atoms. The number of fused-ring (bicyclic) bond motifs is 1. The van der Waals surface area contributed by atoms with Gasteiger partial charge in [-0.15, -0.1) is 0 Å². The molecule has 0 radical (unpaired) electrons. The lowest BCUT2D eigenvalue weighted by Crippen LogP contribution is -2.15. The molecule has 0 unspecified atom stereocenters. The largest absolute Gasteiger partial charge is 0.497 e. The van der Waals surface area contributed by atoms with Crippen LogP contribution in [0, 0.1) is 0 Å². The third kappa shape index (κ3) is 3.31. The highest BCUT2D eigenvalue weighted by molar-refractivity contribution is 5.94. The molecule has 1 amide bonds. The van der Waals surface area contributed by atoms with Crippen LogP contribution in [-0.4, -0.2) is 26.9 Å². The number of carbonyl (C=O) groups excluding carboxylic acids is 1. The number of carbonyl (C=O) groups is 1. The fourth-order valence-corrected chi connectivity index (χ4v) is 2.34. The monoisotopic (exact) mass is 315 g/mol. The van der Waals surface area contributed by atoms with Crippen molar-refractivity contribution in [2.24, 2.45) is 0 Å². The summed E-state index contributed by atoms with van der Waals surface area (Å²) < 4.78 is 21.0. The number of nitrogens with one attached hydrogen (secondary N) is 1. The Labute approximate surface area is 133 Å². The quantitative estimate of drug-likeness (QED) is 0.919. The Bertz CT molecular complexity index is 729. The van der Waals surface area contributed by atoms with Crippen LogP contribution in [0.1, 0.15) is 5.56 Å². The predicted octanol–water partition coefficient (Wildman–Crippen LogP) is 2.61. The molecule has 0 atom stereocenters. The van der Waals surface area contributed by atoms with Crippen LogP contribution in [0.2, 0.25) is 0 Å². The molecule has 120 valence electrons. The highest BCUT2D eigenvalue weighted by atomic mass is 16.7. The first-order valence-electron chi connectivity index (χ1n) is 7.10. The zero-order chi connectivity index (χ0) is 16.2. The minimum atomic E-state index is -0.157. The summed E-state index contributed by atoms with van der Waals surface area (Å²) >= 11 is 0. The maximum atomic E-state index is 12.3. The summed E-state index contributed by atoms with van der Waals surface area (Å²) in [6, 6.07) is 10.7. The van der Waals surface area contributed by atoms with Crippen molar-refractivity contribution in [3.8, 4) is 23.0 Å². The number of hydrogen-bond donors (Lipinski definition) is 1. The highest BCUT2D eigenvalue weighted by Crippen LogP contribution is 2.33. The van der Waals surface area contributed by atoms with Gasteiger partial charge in [0.15, 0.2) is 11.5 Å². The lowest BCUT2D eigenvalue weighted by Gasteiger charge is -2.12. The van der Waals surface area contributed by atoms with E-state index in [0.29, 0.717) is 28.7 Å². The van der Waals surface area contributed by atoms with E-state index in [1.54, 1.807) is 38.5 Å². The SMILES string of the molecule is COc1ccc(OC)c(NC(=O)Cc2ccc3c(c2)OCO3)c1. The van der Waals surface area contributed by atoms with E-state index in [0.717, 1.165) is 5.56 Å². The Hall–Kier alpha value is -2.89. The molecule has 1 N–H and O–H groups in total. The van der Waals surface area contributed by atoms with Crippen LogP contribution in [-0.2, 0) is 11.2 Å². The van der Waals surface area contributed by atoms with Crippen molar-refractivity contribution in [2.75, 3.05) is 26.3 Å². The fourth-order valence-electron chi connectivity index (χ4n) is 2.34. The average Bonchev–Trinajstić information content (AvgIpc) is 3.02. The van der Waals surface area contributed by atoms with Crippen molar-refractivity contribution in [3.05, 3.63) is 42.0 Å². The maximum absolute atomic E-state index is 12.3. The second-order valence-electron chi connectivity index (χ2n) is 4.98. The molecule has 6 nitrogen and oxygen atoms in total. The Morgan fingerprint density at radius 2 is 1.91 bits per heavy atom. The summed E-state index contributed by atoms with van der Waals surface area (Å²) in [6.45, 7) is 0.214. The summed E-state index contributed by atoms with van der Waals surface area (Å²) in [5.74, 6) is 2.42. The third-order valence-electron chi connectivity index (χ3n) is 3.48. The van der Waals surface area contributed by atoms with E-state index in [4.69, 9.17) is 18.9 Å². The van der Waals surface area contributed by atoms with Crippen molar-refractivity contribution in [3.63, 3.8) is 0 Å². The Kier molecular flexibility index (Phi) is 4.23. The van der Waals surface area contributed by atoms with Gasteiger partial charge in [0, 0.05) is 6.07 Å². The minimum Gasteiger partial charge on any atom is -0.497 e. The average molecular weight is 315 g/mol. The number of ether oxygens (including phenoxy) is 4. The van der Waals surface area contributed by atoms with Crippen molar-refractivity contribution in [2.45, 2.75) is 6.42 Å². The van der Waals surface area contributed by atoms with Gasteiger partial charge in [-0.25, -0.2) is 0 Å². The first-order valence-corrected chi connectivity index (χ1v) is 7.10. The summed E-state index contributed by atoms with van der Waals surface area (Å²) in [6.07, 6.45) is 0.219. The maximum Gasteiger partial charge on any atom is 0.231 e. The first-order chi connectivity index (χ1) is 11.2. The zero-order valence-corrected chi connectivity index (χ0v) is 12.9. The molecule has 2 aromatic rings. The molecule has 2 aromatic carbocycles. The second-order valence-corrected chi connectivity index (χ2v) is 4.98. The van der Waals surface area contributed by atoms with E-state index in [2.05, 4.69) is 5.32 Å². The van der Waals surface area contributed by atoms with Crippen LogP contribution < -0.4 is 24.3 Å². The smallest absolute Gasteiger partial charge is 0.231 e. The van der Waals surface area contributed by atoms with Gasteiger partial charge in [-0.1, -0.05) is 6.07 Å². The lowest BCUT2D eigenvalue weighted by atomic mass is 10.1. The molecule has 1 aliphatic heterocycles. The Morgan fingerprint density at radius 3 is 2.70 bits per heavy atom. The van der Waals surface area contributed by atoms with E-state index < -0.39 is 0 Å². The summed E-state index contributed by atoms with van der Waals surface area (Å²) in [4.78, 5) is 12.3. The standard InChI is InChI=1S/C17H17NO5/c1-20-12-4-6-14(21-2)13(9-12)18-17(19)8-11-3-5-15-16(7-11)23-10-22-15/h3-7,9H,8,10H2,1-2H3,(H,18,19). The Balaban J connectivity index is 1.72. The second kappa shape index (κ2) is 6.48. The van der Waals surface area contributed by atoms with E-state index in [9.17, 15) is 4.79 Å². The normalized spacial score (nSPS) is 11.9. The number of hydrogen-bond acceptors (Lipinski definition) is 5. The van der Waals surface area contributed by atoms with Crippen LogP contribution in [0.15, 0.2) is 36.4 Å². The van der Waals surface area contributed by atoms with Gasteiger partial charge in [-0.05, 0) is 29.8 Å². The number of benzene rings is 2. The van der Waals surface area contributed by atoms with E-state index in [1.807, 2.05) is 12.1 Å². The van der Waals surface area contributed by atoms with Crippen LogP contribution in [0.5, 0.6) is 23.0 Å². The van der Waals surface area contributed by atoms with Crippen molar-refractivity contribution in [1.82, 2.24) is 0 Å². The number of anilines is 1. The van der Waals surface area contributed by atoms with Gasteiger partial charge in [0.2, 0.25) is 12.7 Å². The first kappa shape index (κ1) is 15.0. The molecule has 0 fully saturated rings. The van der Waals surface area contributed by atoms with Crippen molar-refractivity contribution >= 4 is 11.6 Å². The van der Waals surface area contributed by atoms with Crippen LogP contribution in [0.4, 0.5) is 5.69 Å². The molecule has 0 aromatic heterocycles. The topological polar surface area (TPSA) is 66.0 Å². The molecule has 1 heterocycles. The van der Waals surface area contributed by atoms with Crippen LogP contribution in [0.3, 0.4) is 0 Å². The van der Waals surface area contributed by atoms with Crippen LogP contribution >= 0.6 is 0 Å². The molecule has 0 aliphatic carbocycles. The van der Waals surface area contributed by atoms with Gasteiger partial charge in [0.05, 0.1) is 26.3 Å².